The van der Waals surface area contributed by atoms with Crippen molar-refractivity contribution in [2.24, 2.45) is 0 Å². The van der Waals surface area contributed by atoms with Gasteiger partial charge >= 0.3 is 0 Å². The van der Waals surface area contributed by atoms with Crippen molar-refractivity contribution in [2.75, 3.05) is 0 Å². The first-order valence-electron chi connectivity index (χ1n) is 1.10. The molecule has 0 amide bonds. The second-order valence-corrected chi connectivity index (χ2v) is 0.447. The van der Waals surface area contributed by atoms with E-state index in [1.54, 1.807) is 0 Å². The standard InChI is InChI=1S/Cu.2NO3.H2O/c;2*2-1(3)4;/h;;;1H2/q;2*-1;. The number of hydrogen-bond acceptors (Lipinski definition) is 6. The van der Waals surface area contributed by atoms with Gasteiger partial charge in [0.1, 0.15) is 0 Å². The molecule has 2 N–H and O–H groups in total. The van der Waals surface area contributed by atoms with E-state index in [1.165, 1.54) is 0 Å². The van der Waals surface area contributed by atoms with Crippen molar-refractivity contribution in [1.29, 1.82) is 0 Å². The van der Waals surface area contributed by atoms with Crippen molar-refractivity contribution in [3.05, 3.63) is 30.6 Å². The van der Waals surface area contributed by atoms with E-state index < -0.39 is 10.2 Å². The molecule has 0 aliphatic rings. The zero-order valence-electron chi connectivity index (χ0n) is 4.15. The number of nitrogens with zero attached hydrogens (tertiary/aromatic N) is 2. The molecule has 10 heteroatoms. The molecule has 0 aliphatic carbocycles. The van der Waals surface area contributed by atoms with Crippen LogP contribution >= 0.6 is 0 Å². The van der Waals surface area contributed by atoms with E-state index in [1.807, 2.05) is 0 Å². The molecule has 0 saturated carbocycles. The summed E-state index contributed by atoms with van der Waals surface area (Å²) < 4.78 is 0. The third-order valence-corrected chi connectivity index (χ3v) is 0. The van der Waals surface area contributed by atoms with Gasteiger partial charge in [-0.05, 0) is 0 Å². The second-order valence-electron chi connectivity index (χ2n) is 0.447. The first-order chi connectivity index (χ1) is 3.46. The van der Waals surface area contributed by atoms with Crippen LogP contribution in [0.2, 0.25) is 0 Å². The molecular formula is H2CuN2O7-2. The molecule has 9 nitrogen and oxygen atoms in total. The molecule has 0 spiro atoms. The minimum atomic E-state index is -1.75. The van der Waals surface area contributed by atoms with Crippen LogP contribution in [0.15, 0.2) is 0 Å². The molecule has 0 unspecified atom stereocenters. The van der Waals surface area contributed by atoms with Gasteiger partial charge in [0.15, 0.2) is 0 Å². The van der Waals surface area contributed by atoms with E-state index in [-0.39, 0.29) is 22.5 Å². The summed E-state index contributed by atoms with van der Waals surface area (Å²) in [6, 6.07) is 0. The first-order valence-corrected chi connectivity index (χ1v) is 1.10. The Morgan fingerprint density at radius 1 is 0.800 bits per heavy atom. The summed E-state index contributed by atoms with van der Waals surface area (Å²) in [6.45, 7) is 0. The molecule has 0 fully saturated rings. The molecule has 67 valence electrons. The molecular weight excluding hydrogens is 204 g/mol. The summed E-state index contributed by atoms with van der Waals surface area (Å²) in [5.41, 5.74) is 0. The smallest absolute Gasteiger partial charge is 0.0689 e. The predicted molar refractivity (Wildman–Crippen MR) is 24.3 cm³/mol. The van der Waals surface area contributed by atoms with Crippen LogP contribution in [0.3, 0.4) is 0 Å². The molecule has 0 rings (SSSR count). The monoisotopic (exact) mass is 205 g/mol. The molecule has 0 atom stereocenters. The number of hydrogen-bond donors (Lipinski definition) is 0. The summed E-state index contributed by atoms with van der Waals surface area (Å²) in [5, 5.41) is 29.5. The number of rotatable bonds is 0. The fourth-order valence-corrected chi connectivity index (χ4v) is 0. The minimum Gasteiger partial charge on any atom is -0.412 e. The molecule has 10 heavy (non-hydrogen) atoms. The van der Waals surface area contributed by atoms with E-state index in [9.17, 15) is 0 Å². The SMILES string of the molecule is O.O=[N+]([O-])[O-].O=[N+]([O-])[O-].[Cu]. The zero-order valence-corrected chi connectivity index (χ0v) is 5.09. The topological polar surface area (TPSA) is 164 Å². The van der Waals surface area contributed by atoms with Crippen LogP contribution < -0.4 is 0 Å². The predicted octanol–water partition coefficient (Wildman–Crippen LogP) is -1.31. The van der Waals surface area contributed by atoms with Crippen LogP contribution in [-0.2, 0) is 17.1 Å². The summed E-state index contributed by atoms with van der Waals surface area (Å²) in [4.78, 5) is 16.5. The van der Waals surface area contributed by atoms with Crippen molar-refractivity contribution in [3.63, 3.8) is 0 Å². The van der Waals surface area contributed by atoms with Crippen molar-refractivity contribution in [1.82, 2.24) is 0 Å². The van der Waals surface area contributed by atoms with Gasteiger partial charge in [-0.1, -0.05) is 0 Å². The Bertz CT molecular complexity index is 69.6. The maximum absolute atomic E-state index is 8.25. The second kappa shape index (κ2) is 15.7. The molecule has 0 saturated heterocycles. The maximum atomic E-state index is 8.25. The maximum Gasteiger partial charge on any atom is 0.0689 e. The van der Waals surface area contributed by atoms with Crippen molar-refractivity contribution in [3.8, 4) is 0 Å². The first kappa shape index (κ1) is 23.2. The fourth-order valence-electron chi connectivity index (χ4n) is 0. The summed E-state index contributed by atoms with van der Waals surface area (Å²) in [5.74, 6) is 0. The summed E-state index contributed by atoms with van der Waals surface area (Å²) >= 11 is 0. The van der Waals surface area contributed by atoms with Crippen LogP contribution in [0.4, 0.5) is 0 Å². The molecule has 0 aromatic carbocycles. The third-order valence-electron chi connectivity index (χ3n) is 0. The Labute approximate surface area is 64.3 Å². The van der Waals surface area contributed by atoms with Gasteiger partial charge in [-0.25, -0.2) is 0 Å². The Morgan fingerprint density at radius 2 is 0.800 bits per heavy atom. The van der Waals surface area contributed by atoms with Crippen LogP contribution in [0, 0.1) is 30.6 Å². The van der Waals surface area contributed by atoms with Gasteiger partial charge in [-0.3, -0.25) is 0 Å². The van der Waals surface area contributed by atoms with Gasteiger partial charge in [0.2, 0.25) is 0 Å². The third kappa shape index (κ3) is 189. The van der Waals surface area contributed by atoms with Crippen LogP contribution in [-0.4, -0.2) is 15.6 Å². The van der Waals surface area contributed by atoms with Crippen LogP contribution in [0.1, 0.15) is 0 Å². The van der Waals surface area contributed by atoms with Gasteiger partial charge in [-0.15, -0.1) is 0 Å². The normalized spacial score (nSPS) is 4.80. The van der Waals surface area contributed by atoms with E-state index in [0.717, 1.165) is 0 Å². The molecule has 0 heterocycles. The van der Waals surface area contributed by atoms with E-state index in [0.29, 0.717) is 0 Å². The summed E-state index contributed by atoms with van der Waals surface area (Å²) in [7, 11) is 0. The molecule has 0 aromatic heterocycles. The van der Waals surface area contributed by atoms with Gasteiger partial charge in [0.25, 0.3) is 0 Å². The molecule has 0 bridgehead atoms. The Balaban J connectivity index is -0.0000000300. The van der Waals surface area contributed by atoms with Gasteiger partial charge in [0, 0.05) is 17.1 Å². The van der Waals surface area contributed by atoms with Crippen LogP contribution in [0.5, 0.6) is 0 Å². The van der Waals surface area contributed by atoms with Gasteiger partial charge in [-0.2, -0.15) is 0 Å². The average molecular weight is 206 g/mol. The minimum absolute atomic E-state index is 0. The largest absolute Gasteiger partial charge is 0.412 e. The fraction of sp³-hybridized carbons (Fsp3) is 0. The Kier molecular flexibility index (Phi) is 36.3. The van der Waals surface area contributed by atoms with E-state index in [2.05, 4.69) is 0 Å². The quantitative estimate of drug-likeness (QED) is 0.271. The van der Waals surface area contributed by atoms with Crippen molar-refractivity contribution >= 4 is 0 Å². The molecule has 1 radical (unpaired) electrons. The average Bonchev–Trinajstić information content (AvgIpc) is 1.25. The van der Waals surface area contributed by atoms with Gasteiger partial charge < -0.3 is 36.1 Å². The van der Waals surface area contributed by atoms with Crippen molar-refractivity contribution in [2.45, 2.75) is 0 Å². The van der Waals surface area contributed by atoms with E-state index in [4.69, 9.17) is 30.6 Å². The molecule has 0 aliphatic heterocycles. The van der Waals surface area contributed by atoms with Crippen molar-refractivity contribution < 1.29 is 32.7 Å². The Hall–Kier alpha value is -1.12. The Morgan fingerprint density at radius 3 is 0.800 bits per heavy atom. The molecule has 0 aromatic rings. The summed E-state index contributed by atoms with van der Waals surface area (Å²) in [6.07, 6.45) is 0. The van der Waals surface area contributed by atoms with Crippen LogP contribution in [0.25, 0.3) is 0 Å². The van der Waals surface area contributed by atoms with E-state index >= 15 is 0 Å². The zero-order chi connectivity index (χ0) is 7.15. The van der Waals surface area contributed by atoms with Gasteiger partial charge in [0.05, 0.1) is 10.2 Å².